The van der Waals surface area contributed by atoms with Crippen LogP contribution in [0.15, 0.2) is 33.6 Å². The molecule has 2 nitrogen and oxygen atoms in total. The third-order valence-corrected chi connectivity index (χ3v) is 4.81. The number of aliphatic hydroxyl groups excluding tert-OH is 1. The van der Waals surface area contributed by atoms with Crippen molar-refractivity contribution in [2.45, 2.75) is 23.8 Å². The summed E-state index contributed by atoms with van der Waals surface area (Å²) < 4.78 is 3.40. The van der Waals surface area contributed by atoms with Crippen LogP contribution >= 0.6 is 27.9 Å². The molecule has 0 saturated carbocycles. The Bertz CT molecular complexity index is 334. The molecule has 0 spiro atoms. The number of hydrogen-bond acceptors (Lipinski definition) is 3. The minimum absolute atomic E-state index is 0.261. The van der Waals surface area contributed by atoms with Crippen molar-refractivity contribution in [3.05, 3.63) is 28.7 Å². The van der Waals surface area contributed by atoms with E-state index in [9.17, 15) is 5.11 Å². The van der Waals surface area contributed by atoms with Gasteiger partial charge in [-0.3, -0.25) is 0 Å². The van der Waals surface area contributed by atoms with E-state index in [2.05, 4.69) is 26.3 Å². The molecule has 15 heavy (non-hydrogen) atoms. The Kier molecular flexibility index (Phi) is 4.08. The second kappa shape index (κ2) is 5.34. The highest BCUT2D eigenvalue weighted by molar-refractivity contribution is 9.10. The number of nitrogens with zero attached hydrogens (tertiary/aromatic N) is 1. The number of benzene rings is 1. The van der Waals surface area contributed by atoms with Crippen molar-refractivity contribution >= 4 is 27.9 Å². The molecule has 82 valence electrons. The Morgan fingerprint density at radius 1 is 1.47 bits per heavy atom. The van der Waals surface area contributed by atoms with E-state index in [0.717, 1.165) is 17.4 Å². The van der Waals surface area contributed by atoms with Gasteiger partial charge in [0, 0.05) is 22.0 Å². The molecule has 0 bridgehead atoms. The van der Waals surface area contributed by atoms with Crippen molar-refractivity contribution in [2.24, 2.45) is 0 Å². The first-order valence-electron chi connectivity index (χ1n) is 5.11. The molecule has 0 amide bonds. The van der Waals surface area contributed by atoms with Crippen molar-refractivity contribution in [3.63, 3.8) is 0 Å². The Morgan fingerprint density at radius 2 is 2.27 bits per heavy atom. The van der Waals surface area contributed by atoms with Crippen LogP contribution in [-0.4, -0.2) is 28.6 Å². The van der Waals surface area contributed by atoms with Gasteiger partial charge in [-0.15, -0.1) is 0 Å². The molecule has 4 heteroatoms. The van der Waals surface area contributed by atoms with Crippen LogP contribution in [0.4, 0.5) is 0 Å². The van der Waals surface area contributed by atoms with Gasteiger partial charge in [0.15, 0.2) is 0 Å². The highest BCUT2D eigenvalue weighted by atomic mass is 79.9. The quantitative estimate of drug-likeness (QED) is 0.865. The maximum absolute atomic E-state index is 9.22. The molecule has 1 aliphatic rings. The summed E-state index contributed by atoms with van der Waals surface area (Å²) in [5.74, 6) is 0. The largest absolute Gasteiger partial charge is 0.395 e. The summed E-state index contributed by atoms with van der Waals surface area (Å²) in [6, 6.07) is 8.52. The van der Waals surface area contributed by atoms with Gasteiger partial charge in [-0.25, -0.2) is 4.31 Å². The van der Waals surface area contributed by atoms with Gasteiger partial charge < -0.3 is 5.11 Å². The second-order valence-electron chi connectivity index (χ2n) is 3.64. The van der Waals surface area contributed by atoms with Crippen molar-refractivity contribution in [1.82, 2.24) is 4.31 Å². The fourth-order valence-electron chi connectivity index (χ4n) is 1.76. The van der Waals surface area contributed by atoms with Gasteiger partial charge in [0.25, 0.3) is 0 Å². The first-order chi connectivity index (χ1) is 7.31. The van der Waals surface area contributed by atoms with Crippen molar-refractivity contribution in [2.75, 3.05) is 13.2 Å². The van der Waals surface area contributed by atoms with Crippen molar-refractivity contribution in [3.8, 4) is 0 Å². The molecule has 1 aromatic rings. The molecule has 0 aromatic heterocycles. The van der Waals surface area contributed by atoms with Crippen LogP contribution in [0.2, 0.25) is 0 Å². The lowest BCUT2D eigenvalue weighted by Crippen LogP contribution is -2.25. The zero-order valence-corrected chi connectivity index (χ0v) is 10.8. The molecule has 2 rings (SSSR count). The summed E-state index contributed by atoms with van der Waals surface area (Å²) in [4.78, 5) is 1.22. The Balaban J connectivity index is 2.05. The monoisotopic (exact) mass is 287 g/mol. The normalized spacial score (nSPS) is 22.1. The fourth-order valence-corrected chi connectivity index (χ4v) is 3.35. The maximum Gasteiger partial charge on any atom is 0.0596 e. The van der Waals surface area contributed by atoms with Crippen LogP contribution in [-0.2, 0) is 0 Å². The summed E-state index contributed by atoms with van der Waals surface area (Å²) in [6.07, 6.45) is 2.29. The summed E-state index contributed by atoms with van der Waals surface area (Å²) >= 11 is 5.27. The highest BCUT2D eigenvalue weighted by Gasteiger charge is 2.24. The van der Waals surface area contributed by atoms with Crippen molar-refractivity contribution in [1.29, 1.82) is 0 Å². The minimum Gasteiger partial charge on any atom is -0.395 e. The van der Waals surface area contributed by atoms with E-state index in [1.165, 1.54) is 11.3 Å². The van der Waals surface area contributed by atoms with Crippen LogP contribution in [0.1, 0.15) is 12.8 Å². The average Bonchev–Trinajstić information content (AvgIpc) is 2.69. The standard InChI is InChI=1S/C11H14BrNOS/c12-10-5-1-2-6-11(10)15-13-7-3-4-9(13)8-14/h1-2,5-6,9,14H,3-4,7-8H2. The van der Waals surface area contributed by atoms with Gasteiger partial charge in [0.05, 0.1) is 6.61 Å². The van der Waals surface area contributed by atoms with Gasteiger partial charge in [0.1, 0.15) is 0 Å². The molecule has 1 fully saturated rings. The topological polar surface area (TPSA) is 23.5 Å². The van der Waals surface area contributed by atoms with E-state index in [4.69, 9.17) is 0 Å². The summed E-state index contributed by atoms with van der Waals surface area (Å²) in [7, 11) is 0. The number of aliphatic hydroxyl groups is 1. The zero-order chi connectivity index (χ0) is 10.7. The third-order valence-electron chi connectivity index (χ3n) is 2.59. The molecule has 0 aliphatic carbocycles. The van der Waals surface area contributed by atoms with Gasteiger partial charge in [-0.05, 0) is 52.9 Å². The lowest BCUT2D eigenvalue weighted by molar-refractivity contribution is 0.221. The molecule has 1 N–H and O–H groups in total. The van der Waals surface area contributed by atoms with Crippen LogP contribution in [0.25, 0.3) is 0 Å². The summed E-state index contributed by atoms with van der Waals surface area (Å²) in [5, 5.41) is 9.22. The second-order valence-corrected chi connectivity index (χ2v) is 5.59. The predicted molar refractivity (Wildman–Crippen MR) is 66.8 cm³/mol. The number of hydrogen-bond donors (Lipinski definition) is 1. The van der Waals surface area contributed by atoms with E-state index in [1.54, 1.807) is 11.9 Å². The van der Waals surface area contributed by atoms with Crippen LogP contribution in [0.3, 0.4) is 0 Å². The van der Waals surface area contributed by atoms with E-state index in [-0.39, 0.29) is 6.61 Å². The number of rotatable bonds is 3. The molecule has 1 aliphatic heterocycles. The highest BCUT2D eigenvalue weighted by Crippen LogP contribution is 2.34. The zero-order valence-electron chi connectivity index (χ0n) is 8.40. The molecule has 1 heterocycles. The predicted octanol–water partition coefficient (Wildman–Crippen LogP) is 2.91. The average molecular weight is 288 g/mol. The maximum atomic E-state index is 9.22. The molecule has 1 aromatic carbocycles. The summed E-state index contributed by atoms with van der Waals surface area (Å²) in [6.45, 7) is 1.33. The Labute approximate surface area is 103 Å². The summed E-state index contributed by atoms with van der Waals surface area (Å²) in [5.41, 5.74) is 0. The van der Waals surface area contributed by atoms with Crippen molar-refractivity contribution < 1.29 is 5.11 Å². The fraction of sp³-hybridized carbons (Fsp3) is 0.455. The Morgan fingerprint density at radius 3 is 3.00 bits per heavy atom. The molecule has 0 radical (unpaired) electrons. The van der Waals surface area contributed by atoms with E-state index >= 15 is 0 Å². The van der Waals surface area contributed by atoms with Crippen LogP contribution < -0.4 is 0 Å². The third kappa shape index (κ3) is 2.75. The molecule has 1 atom stereocenters. The SMILES string of the molecule is OCC1CCCN1Sc1ccccc1Br. The first-order valence-corrected chi connectivity index (χ1v) is 6.68. The van der Waals surface area contributed by atoms with E-state index < -0.39 is 0 Å². The molecule has 1 unspecified atom stereocenters. The van der Waals surface area contributed by atoms with Gasteiger partial charge in [0.2, 0.25) is 0 Å². The Hall–Kier alpha value is -0.0300. The molecular formula is C11H14BrNOS. The van der Waals surface area contributed by atoms with Gasteiger partial charge in [-0.1, -0.05) is 12.1 Å². The first kappa shape index (κ1) is 11.5. The smallest absolute Gasteiger partial charge is 0.0596 e. The van der Waals surface area contributed by atoms with Gasteiger partial charge >= 0.3 is 0 Å². The van der Waals surface area contributed by atoms with E-state index in [1.807, 2.05) is 18.2 Å². The molecule has 1 saturated heterocycles. The molecular weight excluding hydrogens is 274 g/mol. The van der Waals surface area contributed by atoms with Crippen LogP contribution in [0.5, 0.6) is 0 Å². The number of halogens is 1. The lowest BCUT2D eigenvalue weighted by atomic mass is 10.2. The minimum atomic E-state index is 0.261. The van der Waals surface area contributed by atoms with Gasteiger partial charge in [-0.2, -0.15) is 0 Å². The van der Waals surface area contributed by atoms with Crippen LogP contribution in [0, 0.1) is 0 Å². The lowest BCUT2D eigenvalue weighted by Gasteiger charge is -2.21. The van der Waals surface area contributed by atoms with E-state index in [0.29, 0.717) is 6.04 Å².